The van der Waals surface area contributed by atoms with Crippen molar-refractivity contribution in [3.63, 3.8) is 0 Å². The monoisotopic (exact) mass is 269 g/mol. The summed E-state index contributed by atoms with van der Waals surface area (Å²) < 4.78 is 0. The van der Waals surface area contributed by atoms with E-state index in [4.69, 9.17) is 11.6 Å². The Bertz CT molecular complexity index is 348. The third kappa shape index (κ3) is 4.60. The molecule has 0 saturated heterocycles. The molecule has 0 aliphatic heterocycles. The molecule has 2 nitrogen and oxygen atoms in total. The minimum atomic E-state index is -0.499. The van der Waals surface area contributed by atoms with Gasteiger partial charge in [0.2, 0.25) is 0 Å². The van der Waals surface area contributed by atoms with Crippen molar-refractivity contribution >= 4 is 11.6 Å². The summed E-state index contributed by atoms with van der Waals surface area (Å²) in [4.78, 5) is 0. The summed E-state index contributed by atoms with van der Waals surface area (Å²) in [6.45, 7) is 9.49. The van der Waals surface area contributed by atoms with Crippen LogP contribution in [0, 0.1) is 11.8 Å². The molecule has 0 aliphatic rings. The zero-order valence-electron chi connectivity index (χ0n) is 11.7. The van der Waals surface area contributed by atoms with Crippen molar-refractivity contribution in [1.82, 2.24) is 5.32 Å². The molecule has 0 saturated carbocycles. The average molecular weight is 270 g/mol. The molecule has 1 aromatic carbocycles. The van der Waals surface area contributed by atoms with E-state index < -0.39 is 6.10 Å². The molecular formula is C15H24ClNO. The number of benzene rings is 1. The maximum Gasteiger partial charge on any atom is 0.0945 e. The topological polar surface area (TPSA) is 32.3 Å². The van der Waals surface area contributed by atoms with Crippen LogP contribution < -0.4 is 5.32 Å². The number of aliphatic hydroxyl groups excluding tert-OH is 1. The lowest BCUT2D eigenvalue weighted by Crippen LogP contribution is -2.41. The van der Waals surface area contributed by atoms with Gasteiger partial charge in [-0.2, -0.15) is 0 Å². The molecule has 3 heteroatoms. The minimum absolute atomic E-state index is 0.0635. The quantitative estimate of drug-likeness (QED) is 0.826. The lowest BCUT2D eigenvalue weighted by Gasteiger charge is -2.28. The average Bonchev–Trinajstić information content (AvgIpc) is 2.29. The van der Waals surface area contributed by atoms with Gasteiger partial charge in [-0.25, -0.2) is 0 Å². The molecule has 0 fully saturated rings. The van der Waals surface area contributed by atoms with Gasteiger partial charge < -0.3 is 10.4 Å². The number of halogens is 1. The van der Waals surface area contributed by atoms with Gasteiger partial charge in [0, 0.05) is 11.1 Å². The Labute approximate surface area is 115 Å². The SMILES string of the molecule is CC(C)CNC(C(C)C)C(O)c1ccc(Cl)cc1. The standard InChI is InChI=1S/C15H24ClNO/c1-10(2)9-17-14(11(3)4)15(18)12-5-7-13(16)8-6-12/h5-8,10-11,14-15,17-18H,9H2,1-4H3. The lowest BCUT2D eigenvalue weighted by atomic mass is 9.93. The Morgan fingerprint density at radius 1 is 1.11 bits per heavy atom. The van der Waals surface area contributed by atoms with E-state index in [2.05, 4.69) is 33.0 Å². The van der Waals surface area contributed by atoms with Crippen molar-refractivity contribution in [2.45, 2.75) is 39.8 Å². The predicted molar refractivity (Wildman–Crippen MR) is 77.9 cm³/mol. The Balaban J connectivity index is 2.75. The summed E-state index contributed by atoms with van der Waals surface area (Å²) in [6.07, 6.45) is -0.499. The molecule has 102 valence electrons. The molecule has 2 atom stereocenters. The molecule has 18 heavy (non-hydrogen) atoms. The van der Waals surface area contributed by atoms with Crippen LogP contribution in [0.4, 0.5) is 0 Å². The molecular weight excluding hydrogens is 246 g/mol. The van der Waals surface area contributed by atoms with Gasteiger partial charge >= 0.3 is 0 Å². The summed E-state index contributed by atoms with van der Waals surface area (Å²) >= 11 is 5.86. The van der Waals surface area contributed by atoms with Crippen molar-refractivity contribution in [3.8, 4) is 0 Å². The van der Waals surface area contributed by atoms with Crippen LogP contribution in [0.2, 0.25) is 5.02 Å². The van der Waals surface area contributed by atoms with Crippen molar-refractivity contribution < 1.29 is 5.11 Å². The molecule has 2 unspecified atom stereocenters. The van der Waals surface area contributed by atoms with Crippen LogP contribution in [0.15, 0.2) is 24.3 Å². The molecule has 0 amide bonds. The van der Waals surface area contributed by atoms with Gasteiger partial charge in [-0.15, -0.1) is 0 Å². The summed E-state index contributed by atoms with van der Waals surface area (Å²) in [5.41, 5.74) is 0.911. The highest BCUT2D eigenvalue weighted by Crippen LogP contribution is 2.23. The second-order valence-corrected chi connectivity index (χ2v) is 6.00. The summed E-state index contributed by atoms with van der Waals surface area (Å²) in [7, 11) is 0. The maximum absolute atomic E-state index is 10.4. The Kier molecular flexibility index (Phi) is 6.13. The van der Waals surface area contributed by atoms with Crippen LogP contribution in [0.3, 0.4) is 0 Å². The van der Waals surface area contributed by atoms with E-state index in [0.29, 0.717) is 16.9 Å². The van der Waals surface area contributed by atoms with Gasteiger partial charge in [0.25, 0.3) is 0 Å². The molecule has 0 bridgehead atoms. The second kappa shape index (κ2) is 7.13. The maximum atomic E-state index is 10.4. The second-order valence-electron chi connectivity index (χ2n) is 5.57. The van der Waals surface area contributed by atoms with Gasteiger partial charge in [0.15, 0.2) is 0 Å². The van der Waals surface area contributed by atoms with Gasteiger partial charge in [0.05, 0.1) is 6.10 Å². The molecule has 0 radical (unpaired) electrons. The van der Waals surface area contributed by atoms with Gasteiger partial charge in [0.1, 0.15) is 0 Å². The fourth-order valence-electron chi connectivity index (χ4n) is 1.95. The first-order valence-electron chi connectivity index (χ1n) is 6.58. The fraction of sp³-hybridized carbons (Fsp3) is 0.600. The molecule has 0 aliphatic carbocycles. The van der Waals surface area contributed by atoms with Crippen LogP contribution in [0.1, 0.15) is 39.4 Å². The first kappa shape index (κ1) is 15.5. The van der Waals surface area contributed by atoms with E-state index in [0.717, 1.165) is 12.1 Å². The van der Waals surface area contributed by atoms with Gasteiger partial charge in [-0.05, 0) is 36.1 Å². The smallest absolute Gasteiger partial charge is 0.0945 e. The molecule has 0 aromatic heterocycles. The van der Waals surface area contributed by atoms with Crippen LogP contribution >= 0.6 is 11.6 Å². The first-order chi connectivity index (χ1) is 8.41. The Morgan fingerprint density at radius 2 is 1.67 bits per heavy atom. The highest BCUT2D eigenvalue weighted by atomic mass is 35.5. The lowest BCUT2D eigenvalue weighted by molar-refractivity contribution is 0.103. The van der Waals surface area contributed by atoms with Crippen LogP contribution in [-0.2, 0) is 0 Å². The number of hydrogen-bond acceptors (Lipinski definition) is 2. The summed E-state index contributed by atoms with van der Waals surface area (Å²) in [5, 5.41) is 14.6. The molecule has 0 spiro atoms. The highest BCUT2D eigenvalue weighted by molar-refractivity contribution is 6.30. The largest absolute Gasteiger partial charge is 0.387 e. The van der Waals surface area contributed by atoms with Crippen molar-refractivity contribution in [1.29, 1.82) is 0 Å². The fourth-order valence-corrected chi connectivity index (χ4v) is 2.08. The van der Waals surface area contributed by atoms with E-state index >= 15 is 0 Å². The Hall–Kier alpha value is -0.570. The zero-order valence-corrected chi connectivity index (χ0v) is 12.4. The number of hydrogen-bond donors (Lipinski definition) is 2. The van der Waals surface area contributed by atoms with Gasteiger partial charge in [-0.1, -0.05) is 51.4 Å². The van der Waals surface area contributed by atoms with Crippen molar-refractivity contribution in [2.75, 3.05) is 6.54 Å². The number of rotatable bonds is 6. The van der Waals surface area contributed by atoms with E-state index in [1.54, 1.807) is 0 Å². The first-order valence-corrected chi connectivity index (χ1v) is 6.96. The van der Waals surface area contributed by atoms with E-state index in [9.17, 15) is 5.11 Å². The highest BCUT2D eigenvalue weighted by Gasteiger charge is 2.23. The molecule has 1 aromatic rings. The Morgan fingerprint density at radius 3 is 2.11 bits per heavy atom. The van der Waals surface area contributed by atoms with E-state index in [-0.39, 0.29) is 6.04 Å². The minimum Gasteiger partial charge on any atom is -0.387 e. The zero-order chi connectivity index (χ0) is 13.7. The van der Waals surface area contributed by atoms with Crippen LogP contribution in [-0.4, -0.2) is 17.7 Å². The normalized spacial score (nSPS) is 15.1. The molecule has 1 rings (SSSR count). The third-order valence-corrected chi connectivity index (χ3v) is 3.28. The van der Waals surface area contributed by atoms with Gasteiger partial charge in [-0.3, -0.25) is 0 Å². The number of nitrogens with one attached hydrogen (secondary N) is 1. The van der Waals surface area contributed by atoms with Crippen LogP contribution in [0.5, 0.6) is 0 Å². The molecule has 2 N–H and O–H groups in total. The third-order valence-electron chi connectivity index (χ3n) is 3.03. The van der Waals surface area contributed by atoms with Crippen LogP contribution in [0.25, 0.3) is 0 Å². The summed E-state index contributed by atoms with van der Waals surface area (Å²) in [6, 6.07) is 7.48. The number of aliphatic hydroxyl groups is 1. The van der Waals surface area contributed by atoms with E-state index in [1.165, 1.54) is 0 Å². The molecule has 0 heterocycles. The van der Waals surface area contributed by atoms with E-state index in [1.807, 2.05) is 24.3 Å². The predicted octanol–water partition coefficient (Wildman–Crippen LogP) is 3.64. The van der Waals surface area contributed by atoms with Crippen molar-refractivity contribution in [3.05, 3.63) is 34.9 Å². The van der Waals surface area contributed by atoms with Crippen molar-refractivity contribution in [2.24, 2.45) is 11.8 Å². The summed E-state index contributed by atoms with van der Waals surface area (Å²) in [5.74, 6) is 0.943.